The number of hydrogen-bond donors (Lipinski definition) is 2. The summed E-state index contributed by atoms with van der Waals surface area (Å²) in [6, 6.07) is 0. The van der Waals surface area contributed by atoms with Gasteiger partial charge in [-0.3, -0.25) is 0 Å². The van der Waals surface area contributed by atoms with Gasteiger partial charge in [0.2, 0.25) is 0 Å². The van der Waals surface area contributed by atoms with Crippen molar-refractivity contribution in [1.29, 1.82) is 0 Å². The van der Waals surface area contributed by atoms with E-state index in [0.29, 0.717) is 17.2 Å². The summed E-state index contributed by atoms with van der Waals surface area (Å²) in [5.74, 6) is -0.346. The molecule has 0 aromatic carbocycles. The van der Waals surface area contributed by atoms with Gasteiger partial charge in [0.1, 0.15) is 5.00 Å². The monoisotopic (exact) mass is 328 g/mol. The average molecular weight is 328 g/mol. The largest absolute Gasteiger partial charge is 0.465 e. The van der Waals surface area contributed by atoms with Gasteiger partial charge in [0.15, 0.2) is 5.11 Å². The highest BCUT2D eigenvalue weighted by Crippen LogP contribution is 2.32. The van der Waals surface area contributed by atoms with E-state index in [1.54, 1.807) is 0 Å². The van der Waals surface area contributed by atoms with Crippen LogP contribution in [-0.2, 0) is 9.47 Å². The van der Waals surface area contributed by atoms with Crippen LogP contribution in [-0.4, -0.2) is 37.4 Å². The molecule has 2 rings (SSSR count). The Kier molecular flexibility index (Phi) is 5.55. The van der Waals surface area contributed by atoms with Crippen molar-refractivity contribution >= 4 is 39.6 Å². The maximum atomic E-state index is 11.9. The SMILES string of the molecule is COC(=O)c1c(NC(=S)NCC2CCCO2)sc(C)c1C. The Morgan fingerprint density at radius 3 is 2.90 bits per heavy atom. The first-order valence-electron chi connectivity index (χ1n) is 6.87. The highest BCUT2D eigenvalue weighted by molar-refractivity contribution is 7.80. The van der Waals surface area contributed by atoms with E-state index in [-0.39, 0.29) is 12.1 Å². The van der Waals surface area contributed by atoms with Gasteiger partial charge in [-0.05, 0) is 44.5 Å². The minimum atomic E-state index is -0.346. The van der Waals surface area contributed by atoms with Crippen molar-refractivity contribution in [1.82, 2.24) is 5.32 Å². The fourth-order valence-corrected chi connectivity index (χ4v) is 3.52. The third-order valence-electron chi connectivity index (χ3n) is 3.52. The molecular weight excluding hydrogens is 308 g/mol. The summed E-state index contributed by atoms with van der Waals surface area (Å²) < 4.78 is 10.4. The van der Waals surface area contributed by atoms with E-state index in [9.17, 15) is 4.79 Å². The van der Waals surface area contributed by atoms with Crippen LogP contribution in [0.2, 0.25) is 0 Å². The lowest BCUT2D eigenvalue weighted by Crippen LogP contribution is -2.34. The number of esters is 1. The first-order valence-corrected chi connectivity index (χ1v) is 8.10. The summed E-state index contributed by atoms with van der Waals surface area (Å²) in [7, 11) is 1.38. The number of rotatable bonds is 4. The standard InChI is InChI=1S/C14H20N2O3S2/c1-8-9(2)21-12(11(8)13(17)18-3)16-14(20)15-7-10-5-4-6-19-10/h10H,4-7H2,1-3H3,(H2,15,16,20). The van der Waals surface area contributed by atoms with Gasteiger partial charge in [-0.15, -0.1) is 11.3 Å². The molecule has 1 atom stereocenters. The first kappa shape index (κ1) is 16.2. The number of carbonyl (C=O) groups is 1. The average Bonchev–Trinajstić information content (AvgIpc) is 3.06. The Bertz CT molecular complexity index is 537. The van der Waals surface area contributed by atoms with Gasteiger partial charge >= 0.3 is 5.97 Å². The Morgan fingerprint density at radius 1 is 1.52 bits per heavy atom. The molecule has 0 aliphatic carbocycles. The molecule has 21 heavy (non-hydrogen) atoms. The summed E-state index contributed by atoms with van der Waals surface area (Å²) in [6.07, 6.45) is 2.37. The second-order valence-corrected chi connectivity index (χ2v) is 6.58. The molecule has 0 amide bonds. The fourth-order valence-electron chi connectivity index (χ4n) is 2.22. The minimum absolute atomic E-state index is 0.219. The minimum Gasteiger partial charge on any atom is -0.465 e. The molecule has 2 heterocycles. The van der Waals surface area contributed by atoms with Crippen molar-refractivity contribution in [2.24, 2.45) is 0 Å². The molecule has 0 bridgehead atoms. The smallest absolute Gasteiger partial charge is 0.341 e. The Morgan fingerprint density at radius 2 is 2.29 bits per heavy atom. The van der Waals surface area contributed by atoms with Gasteiger partial charge in [0, 0.05) is 18.0 Å². The maximum absolute atomic E-state index is 11.9. The van der Waals surface area contributed by atoms with Crippen LogP contribution in [0.25, 0.3) is 0 Å². The van der Waals surface area contributed by atoms with Gasteiger partial charge in [-0.1, -0.05) is 0 Å². The number of methoxy groups -OCH3 is 1. The molecule has 1 aliphatic rings. The highest BCUT2D eigenvalue weighted by Gasteiger charge is 2.21. The molecule has 7 heteroatoms. The molecular formula is C14H20N2O3S2. The van der Waals surface area contributed by atoms with Crippen molar-refractivity contribution in [2.45, 2.75) is 32.8 Å². The highest BCUT2D eigenvalue weighted by atomic mass is 32.1. The predicted molar refractivity (Wildman–Crippen MR) is 88.3 cm³/mol. The van der Waals surface area contributed by atoms with Crippen molar-refractivity contribution in [2.75, 3.05) is 25.6 Å². The third-order valence-corrected chi connectivity index (χ3v) is 4.89. The van der Waals surface area contributed by atoms with E-state index in [1.807, 2.05) is 13.8 Å². The van der Waals surface area contributed by atoms with Crippen LogP contribution >= 0.6 is 23.6 Å². The number of thiocarbonyl (C=S) groups is 1. The molecule has 116 valence electrons. The van der Waals surface area contributed by atoms with Crippen LogP contribution in [0.3, 0.4) is 0 Å². The molecule has 2 N–H and O–H groups in total. The fraction of sp³-hybridized carbons (Fsp3) is 0.571. The molecule has 1 unspecified atom stereocenters. The van der Waals surface area contributed by atoms with Crippen LogP contribution in [0, 0.1) is 13.8 Å². The third kappa shape index (κ3) is 3.93. The second-order valence-electron chi connectivity index (χ2n) is 4.95. The predicted octanol–water partition coefficient (Wildman–Crippen LogP) is 2.62. The molecule has 0 radical (unpaired) electrons. The molecule has 1 aromatic rings. The molecule has 1 aromatic heterocycles. The van der Waals surface area contributed by atoms with Crippen LogP contribution in [0.5, 0.6) is 0 Å². The Hall–Kier alpha value is -1.18. The molecule has 1 aliphatic heterocycles. The number of thiophene rings is 1. The normalized spacial score (nSPS) is 17.6. The summed E-state index contributed by atoms with van der Waals surface area (Å²) in [4.78, 5) is 12.9. The lowest BCUT2D eigenvalue weighted by Gasteiger charge is -2.14. The summed E-state index contributed by atoms with van der Waals surface area (Å²) in [5, 5.41) is 7.45. The Labute approximate surface area is 134 Å². The van der Waals surface area contributed by atoms with Gasteiger partial charge in [-0.2, -0.15) is 0 Å². The lowest BCUT2D eigenvalue weighted by atomic mass is 10.1. The number of anilines is 1. The van der Waals surface area contributed by atoms with Crippen LogP contribution < -0.4 is 10.6 Å². The molecule has 0 saturated carbocycles. The van der Waals surface area contributed by atoms with Crippen molar-refractivity contribution in [3.63, 3.8) is 0 Å². The number of carbonyl (C=O) groups excluding carboxylic acids is 1. The van der Waals surface area contributed by atoms with Gasteiger partial charge in [0.05, 0.1) is 18.8 Å². The second kappa shape index (κ2) is 7.20. The van der Waals surface area contributed by atoms with E-state index >= 15 is 0 Å². The lowest BCUT2D eigenvalue weighted by molar-refractivity contribution is 0.0601. The zero-order chi connectivity index (χ0) is 15.4. The van der Waals surface area contributed by atoms with E-state index in [2.05, 4.69) is 10.6 Å². The summed E-state index contributed by atoms with van der Waals surface area (Å²) >= 11 is 6.78. The first-order chi connectivity index (χ1) is 10.0. The molecule has 0 spiro atoms. The zero-order valence-electron chi connectivity index (χ0n) is 12.4. The number of ether oxygens (including phenoxy) is 2. The quantitative estimate of drug-likeness (QED) is 0.654. The van der Waals surface area contributed by atoms with Crippen LogP contribution in [0.15, 0.2) is 0 Å². The maximum Gasteiger partial charge on any atom is 0.341 e. The van der Waals surface area contributed by atoms with Crippen molar-refractivity contribution in [3.8, 4) is 0 Å². The summed E-state index contributed by atoms with van der Waals surface area (Å²) in [6.45, 7) is 5.39. The zero-order valence-corrected chi connectivity index (χ0v) is 14.1. The van der Waals surface area contributed by atoms with E-state index in [1.165, 1.54) is 18.4 Å². The van der Waals surface area contributed by atoms with E-state index in [4.69, 9.17) is 21.7 Å². The molecule has 1 fully saturated rings. The molecule has 5 nitrogen and oxygen atoms in total. The number of nitrogens with one attached hydrogen (secondary N) is 2. The summed E-state index contributed by atoms with van der Waals surface area (Å²) in [5.41, 5.74) is 1.48. The van der Waals surface area contributed by atoms with Gasteiger partial charge in [-0.25, -0.2) is 4.79 Å². The van der Waals surface area contributed by atoms with Crippen LogP contribution in [0.1, 0.15) is 33.6 Å². The van der Waals surface area contributed by atoms with E-state index < -0.39 is 0 Å². The van der Waals surface area contributed by atoms with Crippen molar-refractivity contribution < 1.29 is 14.3 Å². The van der Waals surface area contributed by atoms with E-state index in [0.717, 1.165) is 34.9 Å². The van der Waals surface area contributed by atoms with Crippen molar-refractivity contribution in [3.05, 3.63) is 16.0 Å². The Balaban J connectivity index is 1.99. The topological polar surface area (TPSA) is 59.6 Å². The van der Waals surface area contributed by atoms with Gasteiger partial charge in [0.25, 0.3) is 0 Å². The number of hydrogen-bond acceptors (Lipinski definition) is 5. The van der Waals surface area contributed by atoms with Crippen LogP contribution in [0.4, 0.5) is 5.00 Å². The number of aryl methyl sites for hydroxylation is 1. The van der Waals surface area contributed by atoms with Gasteiger partial charge < -0.3 is 20.1 Å². The molecule has 1 saturated heterocycles.